The van der Waals surface area contributed by atoms with Gasteiger partial charge in [-0.3, -0.25) is 4.79 Å². The zero-order valence-corrected chi connectivity index (χ0v) is 24.7. The molecule has 202 valence electrons. The lowest BCUT2D eigenvalue weighted by molar-refractivity contribution is 0.103. The molecule has 4 nitrogen and oxygen atoms in total. The number of aromatic nitrogens is 1. The number of carbonyl (C=O) groups excluding carboxylic acids is 1. The SMILES string of the molecule is CCCCCCCCN(C)C.Cc1ccc(C(=O)c2ccccc2)c(SCCCCCCN(C)C)n1. The third kappa shape index (κ3) is 15.4. The van der Waals surface area contributed by atoms with Gasteiger partial charge in [0.1, 0.15) is 5.03 Å². The highest BCUT2D eigenvalue weighted by molar-refractivity contribution is 7.99. The van der Waals surface area contributed by atoms with Crippen LogP contribution in [0.2, 0.25) is 0 Å². The Balaban J connectivity index is 0.000000497. The molecule has 0 unspecified atom stereocenters. The van der Waals surface area contributed by atoms with Crippen LogP contribution in [0, 0.1) is 6.92 Å². The third-order valence-electron chi connectivity index (χ3n) is 5.98. The van der Waals surface area contributed by atoms with Gasteiger partial charge in [0.2, 0.25) is 0 Å². The Morgan fingerprint density at radius 1 is 0.750 bits per heavy atom. The fraction of sp³-hybridized carbons (Fsp3) is 0.613. The normalized spacial score (nSPS) is 11.0. The molecule has 1 aromatic carbocycles. The zero-order valence-electron chi connectivity index (χ0n) is 23.9. The lowest BCUT2D eigenvalue weighted by Gasteiger charge is -2.10. The van der Waals surface area contributed by atoms with E-state index in [-0.39, 0.29) is 5.78 Å². The van der Waals surface area contributed by atoms with E-state index in [1.165, 1.54) is 64.3 Å². The van der Waals surface area contributed by atoms with Gasteiger partial charge in [0.15, 0.2) is 5.78 Å². The number of ketones is 1. The van der Waals surface area contributed by atoms with Gasteiger partial charge in [-0.05, 0) is 85.4 Å². The summed E-state index contributed by atoms with van der Waals surface area (Å²) >= 11 is 1.71. The minimum absolute atomic E-state index is 0.0570. The van der Waals surface area contributed by atoms with Crippen LogP contribution in [0.1, 0.15) is 92.7 Å². The van der Waals surface area contributed by atoms with Crippen molar-refractivity contribution in [3.05, 3.63) is 59.3 Å². The predicted octanol–water partition coefficient (Wildman–Crippen LogP) is 7.74. The number of pyridine rings is 1. The lowest BCUT2D eigenvalue weighted by Crippen LogP contribution is -2.12. The van der Waals surface area contributed by atoms with E-state index in [9.17, 15) is 4.79 Å². The molecule has 2 aromatic rings. The number of hydrogen-bond acceptors (Lipinski definition) is 5. The third-order valence-corrected chi connectivity index (χ3v) is 7.05. The first-order chi connectivity index (χ1) is 17.3. The topological polar surface area (TPSA) is 36.4 Å². The predicted molar refractivity (Wildman–Crippen MR) is 159 cm³/mol. The molecule has 1 heterocycles. The van der Waals surface area contributed by atoms with Gasteiger partial charge >= 0.3 is 0 Å². The average Bonchev–Trinajstić information content (AvgIpc) is 2.86. The van der Waals surface area contributed by atoms with Crippen LogP contribution in [0.5, 0.6) is 0 Å². The van der Waals surface area contributed by atoms with Crippen LogP contribution in [-0.4, -0.2) is 67.6 Å². The monoisotopic (exact) mass is 513 g/mol. The van der Waals surface area contributed by atoms with Crippen molar-refractivity contribution in [2.24, 2.45) is 0 Å². The molecule has 0 atom stereocenters. The van der Waals surface area contributed by atoms with Gasteiger partial charge in [0.05, 0.1) is 5.56 Å². The lowest BCUT2D eigenvalue weighted by atomic mass is 10.1. The van der Waals surface area contributed by atoms with Crippen molar-refractivity contribution in [2.75, 3.05) is 47.0 Å². The summed E-state index contributed by atoms with van der Waals surface area (Å²) in [4.78, 5) is 21.9. The Labute approximate surface area is 226 Å². The number of aryl methyl sites for hydroxylation is 1. The van der Waals surface area contributed by atoms with Crippen molar-refractivity contribution in [2.45, 2.75) is 83.1 Å². The summed E-state index contributed by atoms with van der Waals surface area (Å²) in [6, 6.07) is 13.3. The summed E-state index contributed by atoms with van der Waals surface area (Å²) in [7, 11) is 8.52. The first-order valence-corrected chi connectivity index (χ1v) is 14.8. The van der Waals surface area contributed by atoms with Crippen LogP contribution >= 0.6 is 11.8 Å². The van der Waals surface area contributed by atoms with E-state index in [1.807, 2.05) is 49.4 Å². The van der Waals surface area contributed by atoms with E-state index >= 15 is 0 Å². The second-order valence-electron chi connectivity index (χ2n) is 10.1. The van der Waals surface area contributed by atoms with E-state index in [2.05, 4.69) is 49.9 Å². The Bertz CT molecular complexity index is 824. The molecule has 0 radical (unpaired) electrons. The van der Waals surface area contributed by atoms with Gasteiger partial charge in [0, 0.05) is 11.3 Å². The fourth-order valence-electron chi connectivity index (χ4n) is 3.82. The van der Waals surface area contributed by atoms with Gasteiger partial charge in [0.25, 0.3) is 0 Å². The summed E-state index contributed by atoms with van der Waals surface area (Å²) in [5.41, 5.74) is 2.39. The molecule has 0 fully saturated rings. The summed E-state index contributed by atoms with van der Waals surface area (Å²) in [5.74, 6) is 1.06. The molecule has 2 rings (SSSR count). The van der Waals surface area contributed by atoms with Gasteiger partial charge < -0.3 is 9.80 Å². The molecule has 0 aliphatic rings. The van der Waals surface area contributed by atoms with Crippen LogP contribution < -0.4 is 0 Å². The molecule has 1 aromatic heterocycles. The first-order valence-electron chi connectivity index (χ1n) is 13.8. The molecule has 0 bridgehead atoms. The number of rotatable bonds is 17. The molecular formula is C31H51N3OS. The Morgan fingerprint density at radius 3 is 1.89 bits per heavy atom. The number of thioether (sulfide) groups is 1. The number of benzene rings is 1. The average molecular weight is 514 g/mol. The quantitative estimate of drug-likeness (QED) is 0.123. The maximum absolute atomic E-state index is 12.8. The highest BCUT2D eigenvalue weighted by Crippen LogP contribution is 2.25. The van der Waals surface area contributed by atoms with Gasteiger partial charge in [-0.25, -0.2) is 4.98 Å². The Kier molecular flexibility index (Phi) is 18.3. The van der Waals surface area contributed by atoms with Gasteiger partial charge in [-0.2, -0.15) is 0 Å². The molecule has 0 saturated carbocycles. The van der Waals surface area contributed by atoms with E-state index in [0.29, 0.717) is 0 Å². The number of hydrogen-bond donors (Lipinski definition) is 0. The van der Waals surface area contributed by atoms with Crippen molar-refractivity contribution in [3.63, 3.8) is 0 Å². The molecule has 0 aliphatic carbocycles. The Morgan fingerprint density at radius 2 is 1.31 bits per heavy atom. The standard InChI is InChI=1S/C21H28N2OS.C10H23N/c1-17-13-14-19(20(24)18-11-7-6-8-12-18)21(22-17)25-16-10-5-4-9-15-23(2)3;1-4-5-6-7-8-9-10-11(2)3/h6-8,11-14H,4-5,9-10,15-16H2,1-3H3;4-10H2,1-3H3. The van der Waals surface area contributed by atoms with Gasteiger partial charge in [-0.15, -0.1) is 11.8 Å². The zero-order chi connectivity index (χ0) is 26.6. The van der Waals surface area contributed by atoms with Gasteiger partial charge in [-0.1, -0.05) is 82.2 Å². The smallest absolute Gasteiger partial charge is 0.195 e. The first kappa shape index (κ1) is 32.3. The molecule has 0 saturated heterocycles. The summed E-state index contributed by atoms with van der Waals surface area (Å²) in [6.45, 7) is 6.65. The van der Waals surface area contributed by atoms with Crippen LogP contribution in [0.3, 0.4) is 0 Å². The van der Waals surface area contributed by atoms with E-state index < -0.39 is 0 Å². The maximum Gasteiger partial charge on any atom is 0.195 e. The number of nitrogens with zero attached hydrogens (tertiary/aromatic N) is 3. The second kappa shape index (κ2) is 20.4. The van der Waals surface area contributed by atoms with E-state index in [4.69, 9.17) is 0 Å². The molecule has 5 heteroatoms. The largest absolute Gasteiger partial charge is 0.309 e. The number of unbranched alkanes of at least 4 members (excludes halogenated alkanes) is 8. The molecule has 0 N–H and O–H groups in total. The molecule has 0 aliphatic heterocycles. The van der Waals surface area contributed by atoms with Crippen molar-refractivity contribution in [3.8, 4) is 0 Å². The minimum Gasteiger partial charge on any atom is -0.309 e. The van der Waals surface area contributed by atoms with Crippen LogP contribution in [-0.2, 0) is 0 Å². The molecule has 0 amide bonds. The van der Waals surface area contributed by atoms with Crippen LogP contribution in [0.4, 0.5) is 0 Å². The van der Waals surface area contributed by atoms with Crippen LogP contribution in [0.25, 0.3) is 0 Å². The van der Waals surface area contributed by atoms with Crippen LogP contribution in [0.15, 0.2) is 47.5 Å². The van der Waals surface area contributed by atoms with Crippen molar-refractivity contribution in [1.29, 1.82) is 0 Å². The maximum atomic E-state index is 12.8. The Hall–Kier alpha value is -1.69. The van der Waals surface area contributed by atoms with Crippen molar-refractivity contribution < 1.29 is 4.79 Å². The summed E-state index contributed by atoms with van der Waals surface area (Å²) < 4.78 is 0. The second-order valence-corrected chi connectivity index (χ2v) is 11.2. The molecule has 36 heavy (non-hydrogen) atoms. The summed E-state index contributed by atoms with van der Waals surface area (Å²) in [5, 5.41) is 0.863. The minimum atomic E-state index is 0.0570. The van der Waals surface area contributed by atoms with E-state index in [1.54, 1.807) is 11.8 Å². The highest BCUT2D eigenvalue weighted by atomic mass is 32.2. The molecule has 0 spiro atoms. The summed E-state index contributed by atoms with van der Waals surface area (Å²) in [6.07, 6.45) is 13.3. The number of carbonyl (C=O) groups is 1. The van der Waals surface area contributed by atoms with Crippen molar-refractivity contribution in [1.82, 2.24) is 14.8 Å². The van der Waals surface area contributed by atoms with Crippen molar-refractivity contribution >= 4 is 17.5 Å². The highest BCUT2D eigenvalue weighted by Gasteiger charge is 2.15. The van der Waals surface area contributed by atoms with E-state index in [0.717, 1.165) is 40.6 Å². The molecular weight excluding hydrogens is 462 g/mol. The fourth-order valence-corrected chi connectivity index (χ4v) is 4.89.